The third-order valence-corrected chi connectivity index (χ3v) is 4.11. The van der Waals surface area contributed by atoms with Crippen LogP contribution in [0.2, 0.25) is 0 Å². The van der Waals surface area contributed by atoms with Gasteiger partial charge in [-0.2, -0.15) is 0 Å². The molecule has 20 heavy (non-hydrogen) atoms. The maximum absolute atomic E-state index is 12.6. The zero-order chi connectivity index (χ0) is 14.5. The number of oxime groups is 1. The number of amidine groups is 1. The number of carbonyl (C=O) groups excluding carboxylic acids is 1. The van der Waals surface area contributed by atoms with E-state index in [-0.39, 0.29) is 24.3 Å². The van der Waals surface area contributed by atoms with E-state index < -0.39 is 0 Å². The van der Waals surface area contributed by atoms with Gasteiger partial charge >= 0.3 is 0 Å². The maximum Gasteiger partial charge on any atom is 0.254 e. The van der Waals surface area contributed by atoms with Crippen LogP contribution in [0.15, 0.2) is 33.9 Å². The zero-order valence-corrected chi connectivity index (χ0v) is 12.7. The minimum Gasteiger partial charge on any atom is -0.409 e. The minimum absolute atomic E-state index is 0.0577. The summed E-state index contributed by atoms with van der Waals surface area (Å²) in [7, 11) is 0. The van der Waals surface area contributed by atoms with Gasteiger partial charge in [0, 0.05) is 16.1 Å². The summed E-state index contributed by atoms with van der Waals surface area (Å²) in [6.45, 7) is 0.163. The van der Waals surface area contributed by atoms with Crippen LogP contribution in [0.25, 0.3) is 0 Å². The third-order valence-electron chi connectivity index (χ3n) is 3.58. The number of nitrogens with two attached hydrogens (primary N) is 1. The lowest BCUT2D eigenvalue weighted by Gasteiger charge is -2.28. The molecule has 1 aromatic carbocycles. The molecule has 0 bridgehead atoms. The predicted molar refractivity (Wildman–Crippen MR) is 80.8 cm³/mol. The molecule has 1 amide bonds. The Morgan fingerprint density at radius 2 is 1.95 bits per heavy atom. The number of halogens is 1. The molecule has 3 N–H and O–H groups in total. The van der Waals surface area contributed by atoms with Gasteiger partial charge in [0.25, 0.3) is 5.91 Å². The van der Waals surface area contributed by atoms with Crippen LogP contribution in [0, 0.1) is 0 Å². The van der Waals surface area contributed by atoms with Gasteiger partial charge in [-0.25, -0.2) is 0 Å². The standard InChI is InChI=1S/C14H18BrN3O2/c15-11-7-5-10(6-8-11)14(19)18(9-13(16)17-20)12-3-1-2-4-12/h5-8,12,20H,1-4,9H2,(H2,16,17). The molecule has 0 aromatic heterocycles. The van der Waals surface area contributed by atoms with Crippen molar-refractivity contribution >= 4 is 27.7 Å². The van der Waals surface area contributed by atoms with Crippen molar-refractivity contribution in [2.75, 3.05) is 6.54 Å². The quantitative estimate of drug-likeness (QED) is 0.383. The first-order valence-electron chi connectivity index (χ1n) is 6.64. The average molecular weight is 340 g/mol. The lowest BCUT2D eigenvalue weighted by Crippen LogP contribution is -2.44. The van der Waals surface area contributed by atoms with Crippen molar-refractivity contribution < 1.29 is 10.0 Å². The number of carbonyl (C=O) groups is 1. The van der Waals surface area contributed by atoms with Gasteiger partial charge in [0.2, 0.25) is 0 Å². The fourth-order valence-corrected chi connectivity index (χ4v) is 2.81. The second kappa shape index (κ2) is 6.74. The summed E-state index contributed by atoms with van der Waals surface area (Å²) >= 11 is 3.35. The van der Waals surface area contributed by atoms with Gasteiger partial charge in [-0.05, 0) is 37.1 Å². The van der Waals surface area contributed by atoms with E-state index in [9.17, 15) is 4.79 Å². The monoisotopic (exact) mass is 339 g/mol. The van der Waals surface area contributed by atoms with Crippen LogP contribution in [0.4, 0.5) is 0 Å². The van der Waals surface area contributed by atoms with Gasteiger partial charge in [-0.1, -0.05) is 33.9 Å². The van der Waals surface area contributed by atoms with Crippen LogP contribution < -0.4 is 5.73 Å². The highest BCUT2D eigenvalue weighted by molar-refractivity contribution is 9.10. The van der Waals surface area contributed by atoms with Crippen molar-refractivity contribution in [2.24, 2.45) is 10.9 Å². The molecule has 2 rings (SSSR count). The molecule has 0 saturated heterocycles. The van der Waals surface area contributed by atoms with E-state index in [2.05, 4.69) is 21.1 Å². The van der Waals surface area contributed by atoms with Gasteiger partial charge in [-0.3, -0.25) is 4.79 Å². The SMILES string of the molecule is NC(CN(C(=O)c1ccc(Br)cc1)C1CCCC1)=NO. The Hall–Kier alpha value is -1.56. The number of benzene rings is 1. The molecule has 1 fully saturated rings. The van der Waals surface area contributed by atoms with Gasteiger partial charge < -0.3 is 15.8 Å². The van der Waals surface area contributed by atoms with Crippen molar-refractivity contribution in [2.45, 2.75) is 31.7 Å². The molecule has 0 atom stereocenters. The topological polar surface area (TPSA) is 78.9 Å². The average Bonchev–Trinajstić information content (AvgIpc) is 2.98. The first-order chi connectivity index (χ1) is 9.61. The third kappa shape index (κ3) is 3.50. The van der Waals surface area contributed by atoms with Crippen LogP contribution in [0.3, 0.4) is 0 Å². The van der Waals surface area contributed by atoms with Crippen molar-refractivity contribution in [1.29, 1.82) is 0 Å². The molecule has 1 aromatic rings. The Labute approximate surface area is 126 Å². The first-order valence-corrected chi connectivity index (χ1v) is 7.44. The molecule has 1 aliphatic rings. The second-order valence-corrected chi connectivity index (χ2v) is 5.89. The molecule has 6 heteroatoms. The molecule has 0 heterocycles. The van der Waals surface area contributed by atoms with Crippen LogP contribution in [-0.2, 0) is 0 Å². The highest BCUT2D eigenvalue weighted by Crippen LogP contribution is 2.25. The summed E-state index contributed by atoms with van der Waals surface area (Å²) in [4.78, 5) is 14.3. The van der Waals surface area contributed by atoms with E-state index in [0.717, 1.165) is 30.2 Å². The summed E-state index contributed by atoms with van der Waals surface area (Å²) in [5.41, 5.74) is 6.20. The molecule has 0 radical (unpaired) electrons. The van der Waals surface area contributed by atoms with Gasteiger partial charge in [0.15, 0.2) is 5.84 Å². The normalized spacial score (nSPS) is 16.4. The van der Waals surface area contributed by atoms with E-state index in [0.29, 0.717) is 5.56 Å². The summed E-state index contributed by atoms with van der Waals surface area (Å²) < 4.78 is 0.929. The Balaban J connectivity index is 2.20. The molecule has 1 saturated carbocycles. The Morgan fingerprint density at radius 3 is 2.50 bits per heavy atom. The van der Waals surface area contributed by atoms with E-state index >= 15 is 0 Å². The van der Waals surface area contributed by atoms with Crippen LogP contribution in [-0.4, -0.2) is 34.4 Å². The molecule has 108 valence electrons. The van der Waals surface area contributed by atoms with Crippen LogP contribution in [0.1, 0.15) is 36.0 Å². The molecule has 5 nitrogen and oxygen atoms in total. The zero-order valence-electron chi connectivity index (χ0n) is 11.1. The second-order valence-electron chi connectivity index (χ2n) is 4.97. The molecule has 1 aliphatic carbocycles. The first kappa shape index (κ1) is 14.8. The molecular weight excluding hydrogens is 322 g/mol. The Kier molecular flexibility index (Phi) is 5.00. The van der Waals surface area contributed by atoms with E-state index in [1.165, 1.54) is 0 Å². The minimum atomic E-state index is -0.0731. The summed E-state index contributed by atoms with van der Waals surface area (Å²) in [6, 6.07) is 7.40. The smallest absolute Gasteiger partial charge is 0.254 e. The molecule has 0 unspecified atom stereocenters. The van der Waals surface area contributed by atoms with Crippen molar-refractivity contribution in [1.82, 2.24) is 4.90 Å². The Morgan fingerprint density at radius 1 is 1.35 bits per heavy atom. The molecule has 0 aliphatic heterocycles. The summed E-state index contributed by atoms with van der Waals surface area (Å²) in [5.74, 6) is -0.0154. The van der Waals surface area contributed by atoms with Crippen molar-refractivity contribution in [3.8, 4) is 0 Å². The number of amides is 1. The van der Waals surface area contributed by atoms with Gasteiger partial charge in [0.1, 0.15) is 0 Å². The van der Waals surface area contributed by atoms with Crippen molar-refractivity contribution in [3.05, 3.63) is 34.3 Å². The number of hydrogen-bond acceptors (Lipinski definition) is 3. The van der Waals surface area contributed by atoms with Crippen LogP contribution in [0.5, 0.6) is 0 Å². The Bertz CT molecular complexity index is 496. The fourth-order valence-electron chi connectivity index (χ4n) is 2.55. The van der Waals surface area contributed by atoms with E-state index in [1.54, 1.807) is 17.0 Å². The van der Waals surface area contributed by atoms with Crippen LogP contribution >= 0.6 is 15.9 Å². The maximum atomic E-state index is 12.6. The lowest BCUT2D eigenvalue weighted by molar-refractivity contribution is 0.0712. The lowest BCUT2D eigenvalue weighted by atomic mass is 10.1. The molecular formula is C14H18BrN3O2. The van der Waals surface area contributed by atoms with Gasteiger partial charge in [-0.15, -0.1) is 0 Å². The van der Waals surface area contributed by atoms with Crippen molar-refractivity contribution in [3.63, 3.8) is 0 Å². The predicted octanol–water partition coefficient (Wildman–Crippen LogP) is 2.58. The highest BCUT2D eigenvalue weighted by atomic mass is 79.9. The fraction of sp³-hybridized carbons (Fsp3) is 0.429. The number of rotatable bonds is 4. The summed E-state index contributed by atoms with van der Waals surface area (Å²) in [6.07, 6.45) is 4.18. The number of nitrogens with zero attached hydrogens (tertiary/aromatic N) is 2. The number of hydrogen-bond donors (Lipinski definition) is 2. The molecule has 0 spiro atoms. The van der Waals surface area contributed by atoms with Gasteiger partial charge in [0.05, 0.1) is 6.54 Å². The highest BCUT2D eigenvalue weighted by Gasteiger charge is 2.28. The summed E-state index contributed by atoms with van der Waals surface area (Å²) in [5, 5.41) is 11.7. The largest absolute Gasteiger partial charge is 0.409 e. The van der Waals surface area contributed by atoms with E-state index in [4.69, 9.17) is 10.9 Å². The van der Waals surface area contributed by atoms with E-state index in [1.807, 2.05) is 12.1 Å².